The molecule has 1 aromatic rings. The third kappa shape index (κ3) is 5.01. The molecule has 13 heavy (non-hydrogen) atoms. The monoisotopic (exact) mass is 230 g/mol. The molecule has 4 nitrogen and oxygen atoms in total. The van der Waals surface area contributed by atoms with Crippen molar-refractivity contribution >= 4 is 46.0 Å². The van der Waals surface area contributed by atoms with Crippen molar-refractivity contribution in [2.45, 2.75) is 6.61 Å². The summed E-state index contributed by atoms with van der Waals surface area (Å²) in [5, 5.41) is 9.17. The Kier molecular flexibility index (Phi) is 7.05. The van der Waals surface area contributed by atoms with Gasteiger partial charge in [-0.2, -0.15) is 0 Å². The Bertz CT molecular complexity index is 292. The maximum atomic E-state index is 10.2. The van der Waals surface area contributed by atoms with Crippen LogP contribution in [0, 0.1) is 0 Å². The van der Waals surface area contributed by atoms with Crippen molar-refractivity contribution in [2.75, 3.05) is 0 Å². The summed E-state index contributed by atoms with van der Waals surface area (Å²) < 4.78 is 14.6. The molecule has 1 rings (SSSR count). The van der Waals surface area contributed by atoms with Crippen molar-refractivity contribution in [1.29, 1.82) is 0 Å². The Labute approximate surface area is 106 Å². The standard InChI is InChI=1S/C7H9O4P.Ca.2H/c8-7-4-2-1-3-6(7)5-11-12(9)10;;;/h1-4,8,12H,5H2,(H,9,10);;;. The Morgan fingerprint density at radius 1 is 1.38 bits per heavy atom. The van der Waals surface area contributed by atoms with Gasteiger partial charge in [0, 0.05) is 5.56 Å². The van der Waals surface area contributed by atoms with E-state index in [1.165, 1.54) is 6.07 Å². The van der Waals surface area contributed by atoms with Gasteiger partial charge in [-0.15, -0.1) is 0 Å². The van der Waals surface area contributed by atoms with Crippen molar-refractivity contribution in [2.24, 2.45) is 0 Å². The van der Waals surface area contributed by atoms with E-state index >= 15 is 0 Å². The molecule has 0 spiro atoms. The molecule has 0 aliphatic rings. The number of phenolic OH excluding ortho intramolecular Hbond substituents is 1. The third-order valence-corrected chi connectivity index (χ3v) is 1.73. The fourth-order valence-electron chi connectivity index (χ4n) is 0.772. The summed E-state index contributed by atoms with van der Waals surface area (Å²) >= 11 is 0. The van der Waals surface area contributed by atoms with Crippen LogP contribution in [0.5, 0.6) is 5.75 Å². The van der Waals surface area contributed by atoms with Crippen LogP contribution in [0.4, 0.5) is 0 Å². The predicted molar refractivity (Wildman–Crippen MR) is 52.7 cm³/mol. The molecule has 6 heteroatoms. The molecule has 0 aliphatic heterocycles. The Morgan fingerprint density at radius 2 is 2.00 bits per heavy atom. The molecule has 70 valence electrons. The number of hydrogen-bond acceptors (Lipinski definition) is 3. The first kappa shape index (κ1) is 13.4. The topological polar surface area (TPSA) is 66.8 Å². The van der Waals surface area contributed by atoms with E-state index in [9.17, 15) is 9.67 Å². The van der Waals surface area contributed by atoms with Gasteiger partial charge >= 0.3 is 46.0 Å². The minimum atomic E-state index is -2.91. The van der Waals surface area contributed by atoms with Crippen molar-refractivity contribution in [3.63, 3.8) is 0 Å². The fourth-order valence-corrected chi connectivity index (χ4v) is 1.05. The van der Waals surface area contributed by atoms with E-state index in [1.807, 2.05) is 0 Å². The van der Waals surface area contributed by atoms with Crippen LogP contribution in [0.3, 0.4) is 0 Å². The molecule has 0 bridgehead atoms. The molecule has 1 unspecified atom stereocenters. The zero-order valence-electron chi connectivity index (χ0n) is 6.23. The zero-order valence-corrected chi connectivity index (χ0v) is 7.23. The number of benzene rings is 1. The summed E-state index contributed by atoms with van der Waals surface area (Å²) in [4.78, 5) is 8.35. The van der Waals surface area contributed by atoms with Gasteiger partial charge in [0.15, 0.2) is 0 Å². The number of aromatic hydroxyl groups is 1. The van der Waals surface area contributed by atoms with E-state index in [0.717, 1.165) is 0 Å². The molecule has 1 atom stereocenters. The molecule has 1 aromatic carbocycles. The van der Waals surface area contributed by atoms with Crippen LogP contribution < -0.4 is 0 Å². The molecule has 2 N–H and O–H groups in total. The van der Waals surface area contributed by atoms with Gasteiger partial charge in [0.25, 0.3) is 0 Å². The van der Waals surface area contributed by atoms with E-state index in [-0.39, 0.29) is 50.1 Å². The van der Waals surface area contributed by atoms with Gasteiger partial charge in [-0.1, -0.05) is 18.2 Å². The SMILES string of the molecule is O=[PH](O)OCc1ccccc1O.[CaH2]. The van der Waals surface area contributed by atoms with Crippen LogP contribution in [0.2, 0.25) is 0 Å². The van der Waals surface area contributed by atoms with Crippen LogP contribution in [-0.4, -0.2) is 47.7 Å². The normalized spacial score (nSPS) is 11.8. The Hall–Kier alpha value is 0.430. The van der Waals surface area contributed by atoms with Gasteiger partial charge in [0.1, 0.15) is 5.75 Å². The number of hydrogen-bond donors (Lipinski definition) is 2. The Balaban J connectivity index is 0.00000144. The summed E-state index contributed by atoms with van der Waals surface area (Å²) in [5.74, 6) is 0.0701. The van der Waals surface area contributed by atoms with Crippen molar-refractivity contribution in [3.05, 3.63) is 29.8 Å². The van der Waals surface area contributed by atoms with Crippen LogP contribution in [0.1, 0.15) is 5.56 Å². The third-order valence-electron chi connectivity index (χ3n) is 1.34. The minimum absolute atomic E-state index is 0. The summed E-state index contributed by atoms with van der Waals surface area (Å²) in [5.41, 5.74) is 0.505. The maximum absolute atomic E-state index is 10.2. The summed E-state index contributed by atoms with van der Waals surface area (Å²) in [6, 6.07) is 6.50. The molecule has 0 fully saturated rings. The second kappa shape index (κ2) is 6.82. The molecule has 0 heterocycles. The molecule has 0 radical (unpaired) electrons. The first-order valence-electron chi connectivity index (χ1n) is 3.33. The van der Waals surface area contributed by atoms with Crippen LogP contribution >= 0.6 is 8.25 Å². The van der Waals surface area contributed by atoms with E-state index in [0.29, 0.717) is 5.56 Å². The second-order valence-corrected chi connectivity index (χ2v) is 3.00. The summed E-state index contributed by atoms with van der Waals surface area (Å²) in [7, 11) is -2.91. The van der Waals surface area contributed by atoms with Gasteiger partial charge in [0.05, 0.1) is 6.61 Å². The van der Waals surface area contributed by atoms with Crippen molar-refractivity contribution in [1.82, 2.24) is 0 Å². The molecule has 0 saturated heterocycles. The summed E-state index contributed by atoms with van der Waals surface area (Å²) in [6.07, 6.45) is 0. The van der Waals surface area contributed by atoms with Gasteiger partial charge < -0.3 is 14.5 Å². The first-order chi connectivity index (χ1) is 5.70. The molecule has 0 amide bonds. The Morgan fingerprint density at radius 3 is 2.54 bits per heavy atom. The predicted octanol–water partition coefficient (Wildman–Crippen LogP) is 0.375. The van der Waals surface area contributed by atoms with Gasteiger partial charge in [-0.25, -0.2) is 0 Å². The molecule has 0 saturated carbocycles. The second-order valence-electron chi connectivity index (χ2n) is 2.18. The average molecular weight is 230 g/mol. The van der Waals surface area contributed by atoms with Gasteiger partial charge in [-0.05, 0) is 6.07 Å². The van der Waals surface area contributed by atoms with E-state index in [4.69, 9.17) is 4.89 Å². The number of phenols is 1. The van der Waals surface area contributed by atoms with Crippen LogP contribution in [0.15, 0.2) is 24.3 Å². The summed E-state index contributed by atoms with van der Waals surface area (Å²) in [6.45, 7) is -0.0407. The number of rotatable bonds is 3. The van der Waals surface area contributed by atoms with Gasteiger partial charge in [-0.3, -0.25) is 4.57 Å². The number of para-hydroxylation sites is 1. The van der Waals surface area contributed by atoms with Crippen LogP contribution in [0.25, 0.3) is 0 Å². The van der Waals surface area contributed by atoms with E-state index < -0.39 is 8.25 Å². The molecule has 0 aromatic heterocycles. The quantitative estimate of drug-likeness (QED) is 0.581. The van der Waals surface area contributed by atoms with E-state index in [2.05, 4.69) is 4.52 Å². The molecule has 0 aliphatic carbocycles. The zero-order chi connectivity index (χ0) is 8.97. The average Bonchev–Trinajstić information content (AvgIpc) is 2.03. The van der Waals surface area contributed by atoms with Crippen LogP contribution in [-0.2, 0) is 15.7 Å². The molecular formula is C7H11CaO4P. The van der Waals surface area contributed by atoms with Crippen molar-refractivity contribution in [3.8, 4) is 5.75 Å². The van der Waals surface area contributed by atoms with Gasteiger partial charge in [0.2, 0.25) is 0 Å². The molecular weight excluding hydrogens is 219 g/mol. The van der Waals surface area contributed by atoms with Crippen molar-refractivity contribution < 1.29 is 19.1 Å². The first-order valence-corrected chi connectivity index (χ1v) is 4.59. The van der Waals surface area contributed by atoms with E-state index in [1.54, 1.807) is 18.2 Å². The fraction of sp³-hybridized carbons (Fsp3) is 0.143.